The highest BCUT2D eigenvalue weighted by atomic mass is 16.5. The SMILES string of the molecule is CCOC(=O)C1(CCC=O)CCN(Cc2ccccc2)CC1=O. The lowest BCUT2D eigenvalue weighted by atomic mass is 9.73. The van der Waals surface area contributed by atoms with Crippen LogP contribution < -0.4 is 0 Å². The number of carbonyl (C=O) groups is 3. The highest BCUT2D eigenvalue weighted by Gasteiger charge is 2.49. The number of benzene rings is 1. The maximum atomic E-state index is 12.7. The lowest BCUT2D eigenvalue weighted by Crippen LogP contribution is -2.52. The van der Waals surface area contributed by atoms with E-state index >= 15 is 0 Å². The summed E-state index contributed by atoms with van der Waals surface area (Å²) in [5.74, 6) is -0.619. The lowest BCUT2D eigenvalue weighted by Gasteiger charge is -2.38. The molecule has 1 fully saturated rings. The van der Waals surface area contributed by atoms with E-state index in [0.29, 0.717) is 19.5 Å². The Morgan fingerprint density at radius 1 is 1.35 bits per heavy atom. The number of piperidine rings is 1. The molecular formula is C18H23NO4. The Hall–Kier alpha value is -2.01. The van der Waals surface area contributed by atoms with Crippen molar-refractivity contribution in [1.29, 1.82) is 0 Å². The van der Waals surface area contributed by atoms with Crippen molar-refractivity contribution >= 4 is 18.0 Å². The summed E-state index contributed by atoms with van der Waals surface area (Å²) in [7, 11) is 0. The van der Waals surface area contributed by atoms with E-state index in [9.17, 15) is 14.4 Å². The zero-order chi connectivity index (χ0) is 16.7. The minimum Gasteiger partial charge on any atom is -0.465 e. The molecular weight excluding hydrogens is 294 g/mol. The second-order valence-corrected chi connectivity index (χ2v) is 5.88. The second kappa shape index (κ2) is 8.02. The van der Waals surface area contributed by atoms with Crippen LogP contribution in [0.25, 0.3) is 0 Å². The molecule has 0 N–H and O–H groups in total. The smallest absolute Gasteiger partial charge is 0.319 e. The zero-order valence-corrected chi connectivity index (χ0v) is 13.5. The molecule has 1 aromatic rings. The van der Waals surface area contributed by atoms with Crippen molar-refractivity contribution in [2.45, 2.75) is 32.7 Å². The summed E-state index contributed by atoms with van der Waals surface area (Å²) in [4.78, 5) is 37.8. The average molecular weight is 317 g/mol. The first-order valence-corrected chi connectivity index (χ1v) is 8.03. The van der Waals surface area contributed by atoms with Crippen LogP contribution in [-0.4, -0.2) is 42.6 Å². The summed E-state index contributed by atoms with van der Waals surface area (Å²) < 4.78 is 5.11. The van der Waals surface area contributed by atoms with E-state index in [4.69, 9.17) is 4.74 Å². The molecule has 1 heterocycles. The predicted molar refractivity (Wildman–Crippen MR) is 85.7 cm³/mol. The summed E-state index contributed by atoms with van der Waals surface area (Å²) in [5.41, 5.74) is -0.0128. The van der Waals surface area contributed by atoms with Crippen LogP contribution in [0.1, 0.15) is 31.7 Å². The van der Waals surface area contributed by atoms with Crippen molar-refractivity contribution < 1.29 is 19.1 Å². The number of aldehydes is 1. The molecule has 0 radical (unpaired) electrons. The molecule has 0 amide bonds. The Bertz CT molecular complexity index is 557. The van der Waals surface area contributed by atoms with Gasteiger partial charge in [-0.2, -0.15) is 0 Å². The Labute approximate surface area is 136 Å². The van der Waals surface area contributed by atoms with Crippen LogP contribution in [0.3, 0.4) is 0 Å². The van der Waals surface area contributed by atoms with Gasteiger partial charge in [-0.1, -0.05) is 30.3 Å². The minimum atomic E-state index is -1.15. The largest absolute Gasteiger partial charge is 0.465 e. The quantitative estimate of drug-likeness (QED) is 0.437. The molecule has 1 aliphatic heterocycles. The first-order valence-electron chi connectivity index (χ1n) is 8.03. The maximum Gasteiger partial charge on any atom is 0.319 e. The highest BCUT2D eigenvalue weighted by Crippen LogP contribution is 2.35. The fourth-order valence-corrected chi connectivity index (χ4v) is 3.06. The molecule has 0 aliphatic carbocycles. The van der Waals surface area contributed by atoms with E-state index in [-0.39, 0.29) is 31.8 Å². The van der Waals surface area contributed by atoms with Crippen LogP contribution in [0, 0.1) is 5.41 Å². The number of rotatable bonds is 7. The molecule has 1 atom stereocenters. The van der Waals surface area contributed by atoms with Gasteiger partial charge in [0.1, 0.15) is 11.7 Å². The van der Waals surface area contributed by atoms with Gasteiger partial charge in [-0.3, -0.25) is 14.5 Å². The standard InChI is InChI=1S/C18H23NO4/c1-2-23-17(22)18(9-6-12-20)10-11-19(14-16(18)21)13-15-7-4-3-5-8-15/h3-5,7-8,12H,2,6,9-11,13-14H2,1H3. The third-order valence-electron chi connectivity index (χ3n) is 4.36. The molecule has 0 aromatic heterocycles. The minimum absolute atomic E-state index is 0.139. The molecule has 5 heteroatoms. The number of nitrogens with zero attached hydrogens (tertiary/aromatic N) is 1. The van der Waals surface area contributed by atoms with E-state index in [1.807, 2.05) is 35.2 Å². The molecule has 1 saturated heterocycles. The van der Waals surface area contributed by atoms with Gasteiger partial charge in [-0.25, -0.2) is 0 Å². The van der Waals surface area contributed by atoms with Crippen molar-refractivity contribution in [2.75, 3.05) is 19.7 Å². The molecule has 1 aromatic carbocycles. The summed E-state index contributed by atoms with van der Waals surface area (Å²) in [6.45, 7) is 3.49. The van der Waals surface area contributed by atoms with Gasteiger partial charge in [0.05, 0.1) is 13.2 Å². The highest BCUT2D eigenvalue weighted by molar-refractivity contribution is 6.05. The van der Waals surface area contributed by atoms with Gasteiger partial charge >= 0.3 is 5.97 Å². The number of carbonyl (C=O) groups excluding carboxylic acids is 3. The van der Waals surface area contributed by atoms with Crippen LogP contribution >= 0.6 is 0 Å². The monoisotopic (exact) mass is 317 g/mol. The molecule has 2 rings (SSSR count). The van der Waals surface area contributed by atoms with Gasteiger partial charge in [0.2, 0.25) is 0 Å². The van der Waals surface area contributed by atoms with Gasteiger partial charge in [0, 0.05) is 19.5 Å². The summed E-state index contributed by atoms with van der Waals surface area (Å²) in [6, 6.07) is 9.92. The number of ketones is 1. The fraction of sp³-hybridized carbons (Fsp3) is 0.500. The lowest BCUT2D eigenvalue weighted by molar-refractivity contribution is -0.164. The molecule has 0 bridgehead atoms. The molecule has 0 spiro atoms. The zero-order valence-electron chi connectivity index (χ0n) is 13.5. The third-order valence-corrected chi connectivity index (χ3v) is 4.36. The van der Waals surface area contributed by atoms with Gasteiger partial charge in [-0.15, -0.1) is 0 Å². The maximum absolute atomic E-state index is 12.7. The Morgan fingerprint density at radius 3 is 2.70 bits per heavy atom. The molecule has 23 heavy (non-hydrogen) atoms. The normalized spacial score (nSPS) is 21.9. The number of likely N-dealkylation sites (tertiary alicyclic amines) is 1. The van der Waals surface area contributed by atoms with Crippen LogP contribution in [0.4, 0.5) is 0 Å². The van der Waals surface area contributed by atoms with Gasteiger partial charge in [-0.05, 0) is 25.3 Å². The van der Waals surface area contributed by atoms with E-state index in [2.05, 4.69) is 0 Å². The van der Waals surface area contributed by atoms with E-state index in [1.54, 1.807) is 6.92 Å². The number of esters is 1. The van der Waals surface area contributed by atoms with Crippen molar-refractivity contribution in [3.05, 3.63) is 35.9 Å². The molecule has 124 valence electrons. The molecule has 5 nitrogen and oxygen atoms in total. The van der Waals surface area contributed by atoms with Crippen molar-refractivity contribution in [1.82, 2.24) is 4.90 Å². The number of hydrogen-bond donors (Lipinski definition) is 0. The van der Waals surface area contributed by atoms with E-state index in [0.717, 1.165) is 11.8 Å². The predicted octanol–water partition coefficient (Wildman–Crippen LogP) is 1.99. The van der Waals surface area contributed by atoms with Crippen molar-refractivity contribution in [3.63, 3.8) is 0 Å². The molecule has 1 aliphatic rings. The van der Waals surface area contributed by atoms with E-state index < -0.39 is 11.4 Å². The van der Waals surface area contributed by atoms with Crippen molar-refractivity contribution in [2.24, 2.45) is 5.41 Å². The number of Topliss-reactive ketones (excluding diaryl/α,β-unsaturated/α-hetero) is 1. The topological polar surface area (TPSA) is 63.7 Å². The fourth-order valence-electron chi connectivity index (χ4n) is 3.06. The number of hydrogen-bond acceptors (Lipinski definition) is 5. The summed E-state index contributed by atoms with van der Waals surface area (Å²) in [5, 5.41) is 0. The average Bonchev–Trinajstić information content (AvgIpc) is 2.55. The molecule has 0 saturated carbocycles. The van der Waals surface area contributed by atoms with Gasteiger partial charge in [0.25, 0.3) is 0 Å². The Balaban J connectivity index is 2.08. The second-order valence-electron chi connectivity index (χ2n) is 5.88. The van der Waals surface area contributed by atoms with Crippen LogP contribution in [0.15, 0.2) is 30.3 Å². The number of ether oxygens (including phenoxy) is 1. The Kier molecular flexibility index (Phi) is 6.04. The van der Waals surface area contributed by atoms with Crippen LogP contribution in [0.5, 0.6) is 0 Å². The third kappa shape index (κ3) is 4.05. The first kappa shape index (κ1) is 17.3. The van der Waals surface area contributed by atoms with Gasteiger partial charge in [0.15, 0.2) is 5.78 Å². The molecule has 1 unspecified atom stereocenters. The first-order chi connectivity index (χ1) is 11.1. The summed E-state index contributed by atoms with van der Waals surface area (Å²) in [6.07, 6.45) is 1.60. The van der Waals surface area contributed by atoms with Crippen molar-refractivity contribution in [3.8, 4) is 0 Å². The van der Waals surface area contributed by atoms with Gasteiger partial charge < -0.3 is 9.53 Å². The van der Waals surface area contributed by atoms with Crippen LogP contribution in [0.2, 0.25) is 0 Å². The van der Waals surface area contributed by atoms with E-state index in [1.165, 1.54) is 0 Å². The summed E-state index contributed by atoms with van der Waals surface area (Å²) >= 11 is 0. The van der Waals surface area contributed by atoms with Crippen LogP contribution in [-0.2, 0) is 25.7 Å². The Morgan fingerprint density at radius 2 is 2.09 bits per heavy atom.